The van der Waals surface area contributed by atoms with Gasteiger partial charge in [0.05, 0.1) is 6.54 Å². The molecule has 88 valence electrons. The summed E-state index contributed by atoms with van der Waals surface area (Å²) in [5.41, 5.74) is -0.259. The van der Waals surface area contributed by atoms with E-state index in [9.17, 15) is 14.0 Å². The summed E-state index contributed by atoms with van der Waals surface area (Å²) in [6.45, 7) is 1.48. The molecule has 5 nitrogen and oxygen atoms in total. The van der Waals surface area contributed by atoms with Gasteiger partial charge < -0.3 is 10.4 Å². The largest absolute Gasteiger partial charge is 0.478 e. The lowest BCUT2D eigenvalue weighted by atomic mass is 10.2. The number of hydrogen-bond acceptors (Lipinski definition) is 3. The Morgan fingerprint density at radius 3 is 2.88 bits per heavy atom. The number of nitrogens with zero attached hydrogens (tertiary/aromatic N) is 1. The normalized spacial score (nSPS) is 9.06. The molecule has 1 heterocycles. The second-order valence-electron chi connectivity index (χ2n) is 3.08. The molecule has 0 aliphatic heterocycles. The van der Waals surface area contributed by atoms with Crippen molar-refractivity contribution in [1.82, 2.24) is 10.3 Å². The zero-order valence-corrected chi connectivity index (χ0v) is 8.95. The van der Waals surface area contributed by atoms with E-state index < -0.39 is 17.5 Å². The second-order valence-corrected chi connectivity index (χ2v) is 3.08. The minimum atomic E-state index is -1.40. The predicted molar refractivity (Wildman–Crippen MR) is 56.7 cm³/mol. The maximum atomic E-state index is 12.9. The minimum Gasteiger partial charge on any atom is -0.478 e. The van der Waals surface area contributed by atoms with Crippen LogP contribution >= 0.6 is 0 Å². The van der Waals surface area contributed by atoms with Crippen molar-refractivity contribution in [3.8, 4) is 11.8 Å². The van der Waals surface area contributed by atoms with Gasteiger partial charge in [0.2, 0.25) is 11.9 Å². The molecule has 6 heteroatoms. The molecule has 1 aromatic rings. The van der Waals surface area contributed by atoms with Crippen molar-refractivity contribution in [2.75, 3.05) is 6.54 Å². The van der Waals surface area contributed by atoms with Crippen molar-refractivity contribution >= 4 is 11.9 Å². The van der Waals surface area contributed by atoms with Gasteiger partial charge in [-0.1, -0.05) is 11.8 Å². The van der Waals surface area contributed by atoms with Gasteiger partial charge in [-0.25, -0.2) is 9.78 Å². The molecule has 0 fully saturated rings. The summed E-state index contributed by atoms with van der Waals surface area (Å²) in [7, 11) is 0. The zero-order chi connectivity index (χ0) is 12.8. The van der Waals surface area contributed by atoms with E-state index in [1.807, 2.05) is 0 Å². The number of carbonyl (C=O) groups excluding carboxylic acids is 1. The number of rotatable bonds is 2. The van der Waals surface area contributed by atoms with Gasteiger partial charge in [-0.05, 0) is 6.07 Å². The van der Waals surface area contributed by atoms with E-state index in [2.05, 4.69) is 22.1 Å². The third kappa shape index (κ3) is 3.91. The van der Waals surface area contributed by atoms with E-state index >= 15 is 0 Å². The Labute approximate surface area is 96.7 Å². The van der Waals surface area contributed by atoms with E-state index in [-0.39, 0.29) is 18.0 Å². The smallest absolute Gasteiger partial charge is 0.340 e. The summed E-state index contributed by atoms with van der Waals surface area (Å²) in [6, 6.07) is 1.09. The molecule has 0 radical (unpaired) electrons. The maximum absolute atomic E-state index is 12.9. The quantitative estimate of drug-likeness (QED) is 0.575. The lowest BCUT2D eigenvalue weighted by Crippen LogP contribution is -2.19. The van der Waals surface area contributed by atoms with E-state index in [0.717, 1.165) is 12.3 Å². The van der Waals surface area contributed by atoms with Crippen LogP contribution in [0.1, 0.15) is 22.8 Å². The molecule has 0 unspecified atom stereocenters. The van der Waals surface area contributed by atoms with Gasteiger partial charge in [0.1, 0.15) is 5.56 Å². The van der Waals surface area contributed by atoms with Crippen molar-refractivity contribution in [3.63, 3.8) is 0 Å². The number of amides is 1. The molecule has 0 atom stereocenters. The van der Waals surface area contributed by atoms with Crippen molar-refractivity contribution in [2.24, 2.45) is 0 Å². The van der Waals surface area contributed by atoms with Crippen LogP contribution in [0.2, 0.25) is 0 Å². The Bertz CT molecular complexity index is 517. The van der Waals surface area contributed by atoms with Gasteiger partial charge in [-0.3, -0.25) is 4.79 Å². The van der Waals surface area contributed by atoms with Crippen LogP contribution in [-0.4, -0.2) is 28.5 Å². The zero-order valence-electron chi connectivity index (χ0n) is 8.95. The van der Waals surface area contributed by atoms with Crippen LogP contribution in [0.5, 0.6) is 0 Å². The first-order chi connectivity index (χ1) is 8.00. The molecule has 1 amide bonds. The van der Waals surface area contributed by atoms with Crippen molar-refractivity contribution < 1.29 is 19.1 Å². The standard InChI is InChI=1S/C11H9FN2O3/c1-7(15)13-4-2-3-8-5-9(11(16)17)10(12)14-6-8/h5-6H,4H2,1H3,(H,13,15)(H,16,17). The molecule has 1 rings (SSSR count). The van der Waals surface area contributed by atoms with Gasteiger partial charge in [0.25, 0.3) is 0 Å². The first kappa shape index (κ1) is 12.6. The van der Waals surface area contributed by atoms with Crippen molar-refractivity contribution in [2.45, 2.75) is 6.92 Å². The Morgan fingerprint density at radius 2 is 2.29 bits per heavy atom. The molecule has 0 aromatic carbocycles. The molecule has 1 aromatic heterocycles. The van der Waals surface area contributed by atoms with E-state index in [1.165, 1.54) is 6.92 Å². The van der Waals surface area contributed by atoms with Crippen LogP contribution in [0.25, 0.3) is 0 Å². The molecule has 0 aliphatic rings. The van der Waals surface area contributed by atoms with Crippen LogP contribution < -0.4 is 5.32 Å². The number of carboxylic acid groups (broad SMARTS) is 1. The summed E-state index contributed by atoms with van der Waals surface area (Å²) >= 11 is 0. The molecule has 0 spiro atoms. The minimum absolute atomic E-state index is 0.134. The van der Waals surface area contributed by atoms with Gasteiger partial charge in [-0.2, -0.15) is 4.39 Å². The molecule has 0 bridgehead atoms. The highest BCUT2D eigenvalue weighted by Gasteiger charge is 2.11. The highest BCUT2D eigenvalue weighted by molar-refractivity contribution is 5.87. The number of nitrogens with one attached hydrogen (secondary N) is 1. The average molecular weight is 236 g/mol. The lowest BCUT2D eigenvalue weighted by molar-refractivity contribution is -0.118. The van der Waals surface area contributed by atoms with Crippen LogP contribution in [0.3, 0.4) is 0 Å². The summed E-state index contributed by atoms with van der Waals surface area (Å²) in [5, 5.41) is 11.1. The van der Waals surface area contributed by atoms with Crippen LogP contribution in [0, 0.1) is 17.8 Å². The van der Waals surface area contributed by atoms with Crippen LogP contribution in [0.4, 0.5) is 4.39 Å². The average Bonchev–Trinajstić information content (AvgIpc) is 2.25. The topological polar surface area (TPSA) is 79.3 Å². The molecular weight excluding hydrogens is 227 g/mol. The summed E-state index contributed by atoms with van der Waals surface area (Å²) in [6.07, 6.45) is 1.13. The molecule has 0 saturated heterocycles. The van der Waals surface area contributed by atoms with E-state index in [1.54, 1.807) is 0 Å². The van der Waals surface area contributed by atoms with Crippen molar-refractivity contribution in [1.29, 1.82) is 0 Å². The van der Waals surface area contributed by atoms with Gasteiger partial charge in [0, 0.05) is 18.7 Å². The Morgan fingerprint density at radius 1 is 1.59 bits per heavy atom. The number of carbonyl (C=O) groups is 2. The number of pyridine rings is 1. The molecule has 0 saturated carbocycles. The molecule has 2 N–H and O–H groups in total. The molecule has 17 heavy (non-hydrogen) atoms. The number of aromatic nitrogens is 1. The Hall–Kier alpha value is -2.42. The van der Waals surface area contributed by atoms with Gasteiger partial charge >= 0.3 is 5.97 Å². The Kier molecular flexibility index (Phi) is 4.17. The number of aromatic carboxylic acids is 1. The Balaban J connectivity index is 2.82. The fraction of sp³-hybridized carbons (Fsp3) is 0.182. The van der Waals surface area contributed by atoms with Gasteiger partial charge in [-0.15, -0.1) is 0 Å². The second kappa shape index (κ2) is 5.61. The summed E-state index contributed by atoms with van der Waals surface area (Å²) in [4.78, 5) is 24.4. The highest BCUT2D eigenvalue weighted by atomic mass is 19.1. The van der Waals surface area contributed by atoms with Gasteiger partial charge in [0.15, 0.2) is 0 Å². The first-order valence-corrected chi connectivity index (χ1v) is 4.63. The molecular formula is C11H9FN2O3. The third-order valence-electron chi connectivity index (χ3n) is 1.73. The third-order valence-corrected chi connectivity index (χ3v) is 1.73. The lowest BCUT2D eigenvalue weighted by Gasteiger charge is -1.96. The van der Waals surface area contributed by atoms with Crippen molar-refractivity contribution in [3.05, 3.63) is 29.3 Å². The van der Waals surface area contributed by atoms with E-state index in [4.69, 9.17) is 5.11 Å². The fourth-order valence-corrected chi connectivity index (χ4v) is 0.981. The first-order valence-electron chi connectivity index (χ1n) is 4.63. The number of halogens is 1. The molecule has 0 aliphatic carbocycles. The predicted octanol–water partition coefficient (Wildman–Crippen LogP) is 0.407. The van der Waals surface area contributed by atoms with Crippen LogP contribution in [-0.2, 0) is 4.79 Å². The summed E-state index contributed by atoms with van der Waals surface area (Å²) in [5.74, 6) is 2.47. The van der Waals surface area contributed by atoms with Crippen LogP contribution in [0.15, 0.2) is 12.3 Å². The maximum Gasteiger partial charge on any atom is 0.340 e. The number of hydrogen-bond donors (Lipinski definition) is 2. The fourth-order valence-electron chi connectivity index (χ4n) is 0.981. The monoisotopic (exact) mass is 236 g/mol. The SMILES string of the molecule is CC(=O)NCC#Cc1cnc(F)c(C(=O)O)c1. The van der Waals surface area contributed by atoms with E-state index in [0.29, 0.717) is 0 Å². The number of carboxylic acids is 1. The highest BCUT2D eigenvalue weighted by Crippen LogP contribution is 2.06. The summed E-state index contributed by atoms with van der Waals surface area (Å²) < 4.78 is 12.9.